The molecule has 102 valence electrons. The molecule has 0 radical (unpaired) electrons. The van der Waals surface area contributed by atoms with Crippen molar-refractivity contribution in [2.45, 2.75) is 32.3 Å². The van der Waals surface area contributed by atoms with Gasteiger partial charge < -0.3 is 20.1 Å². The summed E-state index contributed by atoms with van der Waals surface area (Å²) < 4.78 is 5.30. The first-order chi connectivity index (χ1) is 7.87. The van der Waals surface area contributed by atoms with E-state index < -0.39 is 5.60 Å². The molecule has 17 heavy (non-hydrogen) atoms. The van der Waals surface area contributed by atoms with Gasteiger partial charge >= 0.3 is 0 Å². The van der Waals surface area contributed by atoms with Crippen molar-refractivity contribution in [3.8, 4) is 0 Å². The van der Waals surface area contributed by atoms with E-state index in [9.17, 15) is 5.11 Å². The monoisotopic (exact) mass is 244 g/mol. The van der Waals surface area contributed by atoms with Gasteiger partial charge in [-0.15, -0.1) is 0 Å². The Bertz CT molecular complexity index is 225. The predicted octanol–water partition coefficient (Wildman–Crippen LogP) is 0.705. The van der Waals surface area contributed by atoms with Crippen LogP contribution in [0.3, 0.4) is 0 Å². The molecule has 1 rings (SSSR count). The van der Waals surface area contributed by atoms with Crippen molar-refractivity contribution >= 4 is 0 Å². The fourth-order valence-corrected chi connectivity index (χ4v) is 2.73. The number of aliphatic hydroxyl groups is 1. The second-order valence-corrected chi connectivity index (χ2v) is 6.20. The van der Waals surface area contributed by atoms with Gasteiger partial charge in [-0.05, 0) is 19.5 Å². The summed E-state index contributed by atoms with van der Waals surface area (Å²) in [5, 5.41) is 13.6. The highest BCUT2D eigenvalue weighted by Crippen LogP contribution is 2.23. The average Bonchev–Trinajstić information content (AvgIpc) is 2.15. The molecule has 1 fully saturated rings. The maximum Gasteiger partial charge on any atom is 0.0817 e. The first-order valence-corrected chi connectivity index (χ1v) is 6.50. The maximum absolute atomic E-state index is 10.4. The van der Waals surface area contributed by atoms with Gasteiger partial charge in [0.15, 0.2) is 0 Å². The van der Waals surface area contributed by atoms with Crippen LogP contribution in [0.2, 0.25) is 0 Å². The molecule has 0 spiro atoms. The van der Waals surface area contributed by atoms with E-state index in [-0.39, 0.29) is 5.41 Å². The van der Waals surface area contributed by atoms with E-state index >= 15 is 0 Å². The zero-order valence-corrected chi connectivity index (χ0v) is 11.8. The molecule has 0 aromatic carbocycles. The summed E-state index contributed by atoms with van der Waals surface area (Å²) in [4.78, 5) is 2.24. The highest BCUT2D eigenvalue weighted by Gasteiger charge is 2.32. The summed E-state index contributed by atoms with van der Waals surface area (Å²) in [5.74, 6) is 0. The van der Waals surface area contributed by atoms with Gasteiger partial charge in [-0.25, -0.2) is 0 Å². The number of hydrogen-bond acceptors (Lipinski definition) is 4. The van der Waals surface area contributed by atoms with Crippen LogP contribution < -0.4 is 5.32 Å². The number of nitrogens with one attached hydrogen (secondary N) is 1. The molecule has 0 unspecified atom stereocenters. The number of rotatable bonds is 6. The van der Waals surface area contributed by atoms with Gasteiger partial charge in [0.1, 0.15) is 0 Å². The first kappa shape index (κ1) is 14.9. The molecule has 0 aliphatic carbocycles. The molecule has 0 atom stereocenters. The molecular weight excluding hydrogens is 216 g/mol. The lowest BCUT2D eigenvalue weighted by atomic mass is 9.90. The normalized spacial score (nSPS) is 20.8. The topological polar surface area (TPSA) is 44.7 Å². The zero-order valence-electron chi connectivity index (χ0n) is 11.8. The maximum atomic E-state index is 10.4. The van der Waals surface area contributed by atoms with Crippen LogP contribution in [-0.4, -0.2) is 62.6 Å². The lowest BCUT2D eigenvalue weighted by Crippen LogP contribution is -2.48. The lowest BCUT2D eigenvalue weighted by Gasteiger charge is -2.38. The lowest BCUT2D eigenvalue weighted by molar-refractivity contribution is -0.0794. The van der Waals surface area contributed by atoms with Crippen LogP contribution >= 0.6 is 0 Å². The van der Waals surface area contributed by atoms with Gasteiger partial charge in [-0.3, -0.25) is 0 Å². The van der Waals surface area contributed by atoms with Gasteiger partial charge in [0.25, 0.3) is 0 Å². The zero-order chi connectivity index (χ0) is 12.9. The molecular formula is C13H28N2O2. The molecule has 0 aromatic rings. The van der Waals surface area contributed by atoms with Crippen molar-refractivity contribution in [3.63, 3.8) is 0 Å². The van der Waals surface area contributed by atoms with Crippen LogP contribution in [0.4, 0.5) is 0 Å². The van der Waals surface area contributed by atoms with Crippen molar-refractivity contribution < 1.29 is 9.84 Å². The Morgan fingerprint density at radius 2 is 1.94 bits per heavy atom. The Morgan fingerprint density at radius 3 is 2.47 bits per heavy atom. The Kier molecular flexibility index (Phi) is 5.38. The summed E-state index contributed by atoms with van der Waals surface area (Å²) in [6.45, 7) is 8.57. The summed E-state index contributed by atoms with van der Waals surface area (Å²) >= 11 is 0. The molecule has 1 aliphatic rings. The number of ether oxygens (including phenoxy) is 1. The van der Waals surface area contributed by atoms with Crippen molar-refractivity contribution in [3.05, 3.63) is 0 Å². The molecule has 1 aliphatic heterocycles. The van der Waals surface area contributed by atoms with Gasteiger partial charge in [-0.1, -0.05) is 13.8 Å². The van der Waals surface area contributed by atoms with Gasteiger partial charge in [0.2, 0.25) is 0 Å². The molecule has 4 nitrogen and oxygen atoms in total. The van der Waals surface area contributed by atoms with E-state index in [1.807, 2.05) is 7.05 Å². The number of likely N-dealkylation sites (N-methyl/N-ethyl adjacent to an activating group) is 1. The van der Waals surface area contributed by atoms with Gasteiger partial charge in [-0.2, -0.15) is 0 Å². The Morgan fingerprint density at radius 1 is 1.35 bits per heavy atom. The van der Waals surface area contributed by atoms with Crippen LogP contribution in [0.1, 0.15) is 26.7 Å². The minimum absolute atomic E-state index is 0.227. The molecule has 4 heteroatoms. The van der Waals surface area contributed by atoms with Crippen molar-refractivity contribution in [2.24, 2.45) is 5.41 Å². The minimum atomic E-state index is -0.553. The molecule has 1 heterocycles. The standard InChI is InChI=1S/C13H28N2O2/c1-12(2,9-14-3)10-15(4)11-13(16)5-7-17-8-6-13/h14,16H,5-11H2,1-4H3. The van der Waals surface area contributed by atoms with E-state index in [2.05, 4.69) is 31.1 Å². The third-order valence-electron chi connectivity index (χ3n) is 3.34. The fraction of sp³-hybridized carbons (Fsp3) is 1.00. The van der Waals surface area contributed by atoms with Crippen molar-refractivity contribution in [1.82, 2.24) is 10.2 Å². The highest BCUT2D eigenvalue weighted by atomic mass is 16.5. The van der Waals surface area contributed by atoms with E-state index in [0.29, 0.717) is 13.2 Å². The van der Waals surface area contributed by atoms with E-state index in [1.165, 1.54) is 0 Å². The average molecular weight is 244 g/mol. The van der Waals surface area contributed by atoms with Crippen molar-refractivity contribution in [2.75, 3.05) is 46.9 Å². The van der Waals surface area contributed by atoms with Crippen LogP contribution in [-0.2, 0) is 4.74 Å². The summed E-state index contributed by atoms with van der Waals surface area (Å²) in [6, 6.07) is 0. The second kappa shape index (κ2) is 6.14. The van der Waals surface area contributed by atoms with Crippen LogP contribution in [0, 0.1) is 5.41 Å². The third kappa shape index (κ3) is 5.34. The largest absolute Gasteiger partial charge is 0.388 e. The second-order valence-electron chi connectivity index (χ2n) is 6.20. The summed E-state index contributed by atoms with van der Waals surface area (Å²) in [6.07, 6.45) is 1.51. The predicted molar refractivity (Wildman–Crippen MR) is 70.2 cm³/mol. The number of hydrogen-bond donors (Lipinski definition) is 2. The van der Waals surface area contributed by atoms with Gasteiger partial charge in [0, 0.05) is 45.7 Å². The fourth-order valence-electron chi connectivity index (χ4n) is 2.73. The number of nitrogens with zero attached hydrogens (tertiary/aromatic N) is 1. The Labute approximate surface area is 105 Å². The molecule has 0 bridgehead atoms. The highest BCUT2D eigenvalue weighted by molar-refractivity contribution is 4.85. The minimum Gasteiger partial charge on any atom is -0.388 e. The van der Waals surface area contributed by atoms with Gasteiger partial charge in [0.05, 0.1) is 5.60 Å². The molecule has 0 amide bonds. The van der Waals surface area contributed by atoms with E-state index in [0.717, 1.165) is 32.5 Å². The Hall–Kier alpha value is -0.160. The first-order valence-electron chi connectivity index (χ1n) is 6.50. The van der Waals surface area contributed by atoms with Crippen molar-refractivity contribution in [1.29, 1.82) is 0 Å². The SMILES string of the molecule is CNCC(C)(C)CN(C)CC1(O)CCOCC1. The van der Waals surface area contributed by atoms with Crippen LogP contribution in [0.5, 0.6) is 0 Å². The van der Waals surface area contributed by atoms with E-state index in [1.54, 1.807) is 0 Å². The quantitative estimate of drug-likeness (QED) is 0.722. The summed E-state index contributed by atoms with van der Waals surface area (Å²) in [7, 11) is 4.07. The third-order valence-corrected chi connectivity index (χ3v) is 3.34. The van der Waals surface area contributed by atoms with Crippen LogP contribution in [0.25, 0.3) is 0 Å². The molecule has 2 N–H and O–H groups in total. The van der Waals surface area contributed by atoms with Crippen LogP contribution in [0.15, 0.2) is 0 Å². The molecule has 0 aromatic heterocycles. The smallest absolute Gasteiger partial charge is 0.0817 e. The molecule has 1 saturated heterocycles. The molecule has 0 saturated carbocycles. The Balaban J connectivity index is 2.40. The van der Waals surface area contributed by atoms with E-state index in [4.69, 9.17) is 4.74 Å². The summed E-state index contributed by atoms with van der Waals surface area (Å²) in [5.41, 5.74) is -0.326.